The molecule has 1 heterocycles. The lowest BCUT2D eigenvalue weighted by Gasteiger charge is -2.23. The highest BCUT2D eigenvalue weighted by Crippen LogP contribution is 2.39. The summed E-state index contributed by atoms with van der Waals surface area (Å²) in [6, 6.07) is 5.34. The van der Waals surface area contributed by atoms with Crippen LogP contribution >= 0.6 is 0 Å². The Morgan fingerprint density at radius 2 is 1.83 bits per heavy atom. The lowest BCUT2D eigenvalue weighted by atomic mass is 10.1. The molecule has 5 heteroatoms. The second-order valence-electron chi connectivity index (χ2n) is 8.28. The van der Waals surface area contributed by atoms with Gasteiger partial charge in [0.1, 0.15) is 28.9 Å². The second kappa shape index (κ2) is 9.68. The molecule has 0 saturated carbocycles. The normalized spacial score (nSPS) is 12.0. The molecule has 1 aromatic heterocycles. The third-order valence-corrected chi connectivity index (χ3v) is 4.18. The largest absolute Gasteiger partial charge is 0.487 e. The van der Waals surface area contributed by atoms with E-state index in [-0.39, 0.29) is 5.75 Å². The van der Waals surface area contributed by atoms with Crippen LogP contribution < -0.4 is 19.8 Å². The molecule has 0 atom stereocenters. The highest BCUT2D eigenvalue weighted by atomic mass is 16.5. The average Bonchev–Trinajstić information content (AvgIpc) is 2.60. The summed E-state index contributed by atoms with van der Waals surface area (Å²) in [5.41, 5.74) is 1.94. The predicted octanol–water partition coefficient (Wildman–Crippen LogP) is 6.05. The van der Waals surface area contributed by atoms with Crippen LogP contribution in [-0.2, 0) is 0 Å². The van der Waals surface area contributed by atoms with E-state index >= 15 is 0 Å². The maximum absolute atomic E-state index is 12.3. The highest BCUT2D eigenvalue weighted by Gasteiger charge is 2.22. The van der Waals surface area contributed by atoms with E-state index in [1.165, 1.54) is 18.3 Å². The minimum absolute atomic E-state index is 0.0399. The van der Waals surface area contributed by atoms with Crippen LogP contribution in [-0.4, -0.2) is 19.3 Å². The number of methoxy groups -OCH3 is 1. The molecule has 0 radical (unpaired) electrons. The average molecular weight is 401 g/mol. The van der Waals surface area contributed by atoms with Gasteiger partial charge in [-0.2, -0.15) is 0 Å². The first kappa shape index (κ1) is 22.6. The summed E-state index contributed by atoms with van der Waals surface area (Å²) in [6.45, 7) is 12.5. The van der Waals surface area contributed by atoms with Crippen LogP contribution in [0.15, 0.2) is 50.7 Å². The van der Waals surface area contributed by atoms with Gasteiger partial charge in [-0.05, 0) is 72.6 Å². The second-order valence-corrected chi connectivity index (χ2v) is 8.28. The van der Waals surface area contributed by atoms with Crippen LogP contribution in [0.3, 0.4) is 0 Å². The molecule has 158 valence electrons. The van der Waals surface area contributed by atoms with Crippen LogP contribution in [0.1, 0.15) is 54.4 Å². The number of allylic oxidation sites excluding steroid dienone is 3. The molecule has 0 bridgehead atoms. The third-order valence-electron chi connectivity index (χ3n) is 4.18. The lowest BCUT2D eigenvalue weighted by Crippen LogP contribution is -2.23. The summed E-state index contributed by atoms with van der Waals surface area (Å²) in [6.07, 6.45) is 6.19. The van der Waals surface area contributed by atoms with Crippen LogP contribution in [0, 0.1) is 0 Å². The van der Waals surface area contributed by atoms with Gasteiger partial charge in [-0.3, -0.25) is 0 Å². The molecule has 2 aromatic rings. The number of hydrogen-bond donors (Lipinski definition) is 0. The third kappa shape index (κ3) is 6.41. The van der Waals surface area contributed by atoms with E-state index < -0.39 is 11.2 Å². The number of fused-ring (bicyclic) bond motifs is 1. The van der Waals surface area contributed by atoms with Gasteiger partial charge in [-0.25, -0.2) is 4.79 Å². The summed E-state index contributed by atoms with van der Waals surface area (Å²) in [5.74, 6) is 0.960. The van der Waals surface area contributed by atoms with Gasteiger partial charge in [-0.1, -0.05) is 23.3 Å². The van der Waals surface area contributed by atoms with Gasteiger partial charge in [-0.15, -0.1) is 0 Å². The summed E-state index contributed by atoms with van der Waals surface area (Å²) >= 11 is 0. The molecule has 0 unspecified atom stereocenters. The van der Waals surface area contributed by atoms with Crippen molar-refractivity contribution in [3.8, 4) is 17.2 Å². The zero-order valence-electron chi connectivity index (χ0n) is 18.5. The Hall–Kier alpha value is -2.69. The summed E-state index contributed by atoms with van der Waals surface area (Å²) in [7, 11) is 1.43. The Balaban J connectivity index is 2.39. The number of hydrogen-bond acceptors (Lipinski definition) is 5. The van der Waals surface area contributed by atoms with Gasteiger partial charge in [0.2, 0.25) is 5.75 Å². The van der Waals surface area contributed by atoms with Crippen molar-refractivity contribution in [3.63, 3.8) is 0 Å². The van der Waals surface area contributed by atoms with E-state index in [9.17, 15) is 4.79 Å². The van der Waals surface area contributed by atoms with Crippen molar-refractivity contribution in [2.45, 2.75) is 60.0 Å². The van der Waals surface area contributed by atoms with Gasteiger partial charge < -0.3 is 18.6 Å². The minimum atomic E-state index is -0.577. The molecule has 0 N–H and O–H groups in total. The van der Waals surface area contributed by atoms with E-state index in [0.29, 0.717) is 29.1 Å². The molecule has 0 aliphatic carbocycles. The fraction of sp³-hybridized carbons (Fsp3) is 0.458. The zero-order valence-corrected chi connectivity index (χ0v) is 18.5. The standard InChI is InChI=1S/C24H32O5/c1-16(2)10-8-11-17(3)14-15-27-21-20-18(28-23(25)22(21)26-7)12-9-13-19(20)29-24(4,5)6/h9-10,12-14H,8,11,15H2,1-7H3/b17-14+. The van der Waals surface area contributed by atoms with Crippen molar-refractivity contribution in [1.82, 2.24) is 0 Å². The fourth-order valence-electron chi connectivity index (χ4n) is 2.86. The molecule has 5 nitrogen and oxygen atoms in total. The first-order valence-electron chi connectivity index (χ1n) is 9.87. The van der Waals surface area contributed by atoms with Crippen molar-refractivity contribution in [2.24, 2.45) is 0 Å². The van der Waals surface area contributed by atoms with Gasteiger partial charge in [0.05, 0.1) is 7.11 Å². The van der Waals surface area contributed by atoms with Gasteiger partial charge in [0.15, 0.2) is 5.75 Å². The minimum Gasteiger partial charge on any atom is -0.487 e. The summed E-state index contributed by atoms with van der Waals surface area (Å²) in [5, 5.41) is 0.592. The summed E-state index contributed by atoms with van der Waals surface area (Å²) in [4.78, 5) is 12.3. The Bertz CT molecular complexity index is 954. The van der Waals surface area contributed by atoms with Crippen molar-refractivity contribution < 1.29 is 18.6 Å². The Labute approximate surface area is 173 Å². The molecule has 0 aliphatic heterocycles. The van der Waals surface area contributed by atoms with Crippen molar-refractivity contribution in [3.05, 3.63) is 51.9 Å². The van der Waals surface area contributed by atoms with Gasteiger partial charge >= 0.3 is 5.63 Å². The van der Waals surface area contributed by atoms with Crippen molar-refractivity contribution in [1.29, 1.82) is 0 Å². The predicted molar refractivity (Wildman–Crippen MR) is 117 cm³/mol. The Morgan fingerprint density at radius 1 is 1.10 bits per heavy atom. The molecule has 0 aliphatic rings. The van der Waals surface area contributed by atoms with E-state index in [1.54, 1.807) is 12.1 Å². The number of ether oxygens (including phenoxy) is 3. The van der Waals surface area contributed by atoms with Gasteiger partial charge in [0.25, 0.3) is 0 Å². The molecule has 29 heavy (non-hydrogen) atoms. The SMILES string of the molecule is COc1c(OC/C=C(\C)CCC=C(C)C)c2c(OC(C)(C)C)cccc2oc1=O. The van der Waals surface area contributed by atoms with Crippen LogP contribution in [0.5, 0.6) is 17.2 Å². The Kier molecular flexibility index (Phi) is 7.54. The van der Waals surface area contributed by atoms with Crippen molar-refractivity contribution >= 4 is 11.0 Å². The maximum Gasteiger partial charge on any atom is 0.383 e. The smallest absolute Gasteiger partial charge is 0.383 e. The monoisotopic (exact) mass is 400 g/mol. The summed E-state index contributed by atoms with van der Waals surface area (Å²) < 4.78 is 22.8. The van der Waals surface area contributed by atoms with E-state index in [2.05, 4.69) is 26.8 Å². The van der Waals surface area contributed by atoms with Crippen LogP contribution in [0.25, 0.3) is 11.0 Å². The van der Waals surface area contributed by atoms with E-state index in [0.717, 1.165) is 12.8 Å². The first-order valence-corrected chi connectivity index (χ1v) is 9.87. The fourth-order valence-corrected chi connectivity index (χ4v) is 2.86. The van der Waals surface area contributed by atoms with E-state index in [4.69, 9.17) is 18.6 Å². The Morgan fingerprint density at radius 3 is 2.45 bits per heavy atom. The molecule has 0 spiro atoms. The molecular formula is C24H32O5. The number of rotatable bonds is 8. The number of benzene rings is 1. The zero-order chi connectivity index (χ0) is 21.6. The van der Waals surface area contributed by atoms with E-state index in [1.807, 2.05) is 32.9 Å². The quantitative estimate of drug-likeness (QED) is 0.399. The van der Waals surface area contributed by atoms with Crippen LogP contribution in [0.2, 0.25) is 0 Å². The van der Waals surface area contributed by atoms with Crippen LogP contribution in [0.4, 0.5) is 0 Å². The molecule has 2 rings (SSSR count). The highest BCUT2D eigenvalue weighted by molar-refractivity contribution is 5.91. The molecule has 1 aromatic carbocycles. The molecule has 0 saturated heterocycles. The first-order chi connectivity index (χ1) is 13.6. The maximum atomic E-state index is 12.3. The topological polar surface area (TPSA) is 57.9 Å². The molecule has 0 fully saturated rings. The van der Waals surface area contributed by atoms with Gasteiger partial charge in [0, 0.05) is 0 Å². The molecular weight excluding hydrogens is 368 g/mol. The van der Waals surface area contributed by atoms with Crippen molar-refractivity contribution in [2.75, 3.05) is 13.7 Å². The molecule has 0 amide bonds. The lowest BCUT2D eigenvalue weighted by molar-refractivity contribution is 0.132.